The molecule has 2 aromatic carbocycles. The smallest absolute Gasteiger partial charge is 0.0787 e. The van der Waals surface area contributed by atoms with Gasteiger partial charge in [0.05, 0.1) is 12.2 Å². The summed E-state index contributed by atoms with van der Waals surface area (Å²) in [5.74, 6) is 0.343. The second kappa shape index (κ2) is 8.28. The highest BCUT2D eigenvalue weighted by molar-refractivity contribution is 5.36. The maximum absolute atomic E-state index is 9.92. The first-order chi connectivity index (χ1) is 11.1. The van der Waals surface area contributed by atoms with E-state index in [0.29, 0.717) is 5.92 Å². The van der Waals surface area contributed by atoms with E-state index in [1.54, 1.807) is 0 Å². The SMILES string of the molecule is CCC(O)c1ccc(C(CC)c2ccc(C(O)CC)cc2)cc1. The summed E-state index contributed by atoms with van der Waals surface area (Å²) in [6.07, 6.45) is 1.74. The number of hydrogen-bond acceptors (Lipinski definition) is 2. The Balaban J connectivity index is 2.22. The van der Waals surface area contributed by atoms with Crippen LogP contribution in [0.1, 0.15) is 80.4 Å². The molecule has 23 heavy (non-hydrogen) atoms. The van der Waals surface area contributed by atoms with Crippen LogP contribution < -0.4 is 0 Å². The minimum absolute atomic E-state index is 0.343. The van der Waals surface area contributed by atoms with Gasteiger partial charge in [0.25, 0.3) is 0 Å². The Morgan fingerprint density at radius 1 is 0.565 bits per heavy atom. The van der Waals surface area contributed by atoms with Gasteiger partial charge in [0, 0.05) is 5.92 Å². The van der Waals surface area contributed by atoms with Crippen molar-refractivity contribution >= 4 is 0 Å². The van der Waals surface area contributed by atoms with E-state index in [1.165, 1.54) is 11.1 Å². The van der Waals surface area contributed by atoms with E-state index in [1.807, 2.05) is 38.1 Å². The van der Waals surface area contributed by atoms with Gasteiger partial charge in [-0.15, -0.1) is 0 Å². The van der Waals surface area contributed by atoms with Crippen LogP contribution >= 0.6 is 0 Å². The van der Waals surface area contributed by atoms with Crippen molar-refractivity contribution in [3.8, 4) is 0 Å². The molecule has 2 unspecified atom stereocenters. The molecule has 0 saturated carbocycles. The summed E-state index contributed by atoms with van der Waals surface area (Å²) < 4.78 is 0. The molecule has 0 aliphatic heterocycles. The molecule has 0 bridgehead atoms. The summed E-state index contributed by atoms with van der Waals surface area (Å²) >= 11 is 0. The second-order valence-corrected chi connectivity index (χ2v) is 6.14. The highest BCUT2D eigenvalue weighted by Crippen LogP contribution is 2.30. The lowest BCUT2D eigenvalue weighted by molar-refractivity contribution is 0.173. The predicted octanol–water partition coefficient (Wildman–Crippen LogP) is 5.12. The van der Waals surface area contributed by atoms with E-state index in [0.717, 1.165) is 30.4 Å². The molecule has 0 saturated heterocycles. The van der Waals surface area contributed by atoms with E-state index >= 15 is 0 Å². The highest BCUT2D eigenvalue weighted by Gasteiger charge is 2.14. The standard InChI is InChI=1S/C21H28O2/c1-4-19(15-7-11-17(12-8-15)20(22)5-2)16-9-13-18(14-10-16)21(23)6-3/h7-14,19-23H,4-6H2,1-3H3. The van der Waals surface area contributed by atoms with Crippen LogP contribution in [-0.4, -0.2) is 10.2 Å². The monoisotopic (exact) mass is 312 g/mol. The van der Waals surface area contributed by atoms with Crippen molar-refractivity contribution in [2.24, 2.45) is 0 Å². The zero-order valence-electron chi connectivity index (χ0n) is 14.4. The van der Waals surface area contributed by atoms with Crippen LogP contribution in [0, 0.1) is 0 Å². The van der Waals surface area contributed by atoms with Crippen LogP contribution in [0.15, 0.2) is 48.5 Å². The van der Waals surface area contributed by atoms with Crippen molar-refractivity contribution in [3.63, 3.8) is 0 Å². The topological polar surface area (TPSA) is 40.5 Å². The normalized spacial score (nSPS) is 15.2. The number of aliphatic hydroxyl groups excluding tert-OH is 2. The number of benzene rings is 2. The van der Waals surface area contributed by atoms with Crippen LogP contribution in [0.5, 0.6) is 0 Å². The van der Waals surface area contributed by atoms with Gasteiger partial charge in [-0.2, -0.15) is 0 Å². The van der Waals surface area contributed by atoms with Crippen LogP contribution in [0.2, 0.25) is 0 Å². The molecule has 0 amide bonds. The van der Waals surface area contributed by atoms with Crippen LogP contribution in [0.25, 0.3) is 0 Å². The summed E-state index contributed by atoms with van der Waals surface area (Å²) in [6, 6.07) is 16.6. The average Bonchev–Trinajstić information content (AvgIpc) is 2.62. The maximum atomic E-state index is 9.92. The van der Waals surface area contributed by atoms with Crippen molar-refractivity contribution in [1.82, 2.24) is 0 Å². The fraction of sp³-hybridized carbons (Fsp3) is 0.429. The van der Waals surface area contributed by atoms with Gasteiger partial charge in [-0.25, -0.2) is 0 Å². The predicted molar refractivity (Wildman–Crippen MR) is 95.5 cm³/mol. The Kier molecular flexibility index (Phi) is 6.37. The minimum atomic E-state index is -0.376. The average molecular weight is 312 g/mol. The summed E-state index contributed by atoms with van der Waals surface area (Å²) in [7, 11) is 0. The van der Waals surface area contributed by atoms with Crippen molar-refractivity contribution in [2.75, 3.05) is 0 Å². The van der Waals surface area contributed by atoms with Gasteiger partial charge in [0.15, 0.2) is 0 Å². The maximum Gasteiger partial charge on any atom is 0.0787 e. The molecule has 0 aliphatic carbocycles. The Morgan fingerprint density at radius 3 is 1.13 bits per heavy atom. The number of aliphatic hydroxyl groups is 2. The summed E-state index contributed by atoms with van der Waals surface area (Å²) in [6.45, 7) is 6.16. The van der Waals surface area contributed by atoms with Gasteiger partial charge in [-0.05, 0) is 41.5 Å². The van der Waals surface area contributed by atoms with Gasteiger partial charge in [-0.3, -0.25) is 0 Å². The third-order valence-corrected chi connectivity index (χ3v) is 4.63. The molecule has 124 valence electrons. The third kappa shape index (κ3) is 4.21. The van der Waals surface area contributed by atoms with Gasteiger partial charge in [0.1, 0.15) is 0 Å². The van der Waals surface area contributed by atoms with Gasteiger partial charge < -0.3 is 10.2 Å². The van der Waals surface area contributed by atoms with Crippen molar-refractivity contribution < 1.29 is 10.2 Å². The summed E-state index contributed by atoms with van der Waals surface area (Å²) in [4.78, 5) is 0. The first kappa shape index (κ1) is 17.7. The lowest BCUT2D eigenvalue weighted by Gasteiger charge is -2.18. The molecule has 0 aliphatic rings. The van der Waals surface area contributed by atoms with Crippen molar-refractivity contribution in [1.29, 1.82) is 0 Å². The summed E-state index contributed by atoms with van der Waals surface area (Å²) in [5.41, 5.74) is 4.49. The van der Waals surface area contributed by atoms with E-state index < -0.39 is 0 Å². The van der Waals surface area contributed by atoms with Crippen molar-refractivity contribution in [2.45, 2.75) is 58.2 Å². The van der Waals surface area contributed by atoms with E-state index in [4.69, 9.17) is 0 Å². The zero-order chi connectivity index (χ0) is 16.8. The Labute approximate surface area is 139 Å². The largest absolute Gasteiger partial charge is 0.388 e. The van der Waals surface area contributed by atoms with E-state index in [9.17, 15) is 10.2 Å². The number of hydrogen-bond donors (Lipinski definition) is 2. The second-order valence-electron chi connectivity index (χ2n) is 6.14. The number of rotatable bonds is 7. The molecule has 0 spiro atoms. The molecular formula is C21H28O2. The molecule has 2 heteroatoms. The molecule has 2 rings (SSSR count). The third-order valence-electron chi connectivity index (χ3n) is 4.63. The fourth-order valence-corrected chi connectivity index (χ4v) is 3.04. The zero-order valence-corrected chi connectivity index (χ0v) is 14.4. The Bertz CT molecular complexity index is 533. The Hall–Kier alpha value is -1.64. The first-order valence-electron chi connectivity index (χ1n) is 8.66. The van der Waals surface area contributed by atoms with Crippen LogP contribution in [0.4, 0.5) is 0 Å². The minimum Gasteiger partial charge on any atom is -0.388 e. The van der Waals surface area contributed by atoms with Gasteiger partial charge in [-0.1, -0.05) is 69.3 Å². The van der Waals surface area contributed by atoms with E-state index in [2.05, 4.69) is 31.2 Å². The van der Waals surface area contributed by atoms with Crippen LogP contribution in [-0.2, 0) is 0 Å². The molecule has 0 aromatic heterocycles. The quantitative estimate of drug-likeness (QED) is 0.745. The van der Waals surface area contributed by atoms with Crippen LogP contribution in [0.3, 0.4) is 0 Å². The molecule has 2 N–H and O–H groups in total. The lowest BCUT2D eigenvalue weighted by Crippen LogP contribution is -2.02. The van der Waals surface area contributed by atoms with Crippen molar-refractivity contribution in [3.05, 3.63) is 70.8 Å². The van der Waals surface area contributed by atoms with E-state index in [-0.39, 0.29) is 12.2 Å². The molecule has 2 aromatic rings. The fourth-order valence-electron chi connectivity index (χ4n) is 3.04. The molecule has 2 atom stereocenters. The molecular weight excluding hydrogens is 284 g/mol. The molecule has 2 nitrogen and oxygen atoms in total. The Morgan fingerprint density at radius 2 is 0.870 bits per heavy atom. The first-order valence-corrected chi connectivity index (χ1v) is 8.66. The highest BCUT2D eigenvalue weighted by atomic mass is 16.3. The van der Waals surface area contributed by atoms with Gasteiger partial charge in [0.2, 0.25) is 0 Å². The molecule has 0 heterocycles. The lowest BCUT2D eigenvalue weighted by atomic mass is 9.87. The molecule has 0 radical (unpaired) electrons. The molecule has 0 fully saturated rings. The van der Waals surface area contributed by atoms with Gasteiger partial charge >= 0.3 is 0 Å². The summed E-state index contributed by atoms with van der Waals surface area (Å²) in [5, 5.41) is 19.8.